The van der Waals surface area contributed by atoms with Crippen LogP contribution in [0.2, 0.25) is 0 Å². The Balaban J connectivity index is 1.94. The third-order valence-electron chi connectivity index (χ3n) is 3.98. The average Bonchev–Trinajstić information content (AvgIpc) is 2.88. The lowest BCUT2D eigenvalue weighted by atomic mass is 10.1. The summed E-state index contributed by atoms with van der Waals surface area (Å²) < 4.78 is 6.95. The fourth-order valence-corrected chi connectivity index (χ4v) is 2.82. The van der Waals surface area contributed by atoms with Gasteiger partial charge in [-0.1, -0.05) is 0 Å². The van der Waals surface area contributed by atoms with Gasteiger partial charge in [0.1, 0.15) is 0 Å². The Kier molecular flexibility index (Phi) is 3.99. The van der Waals surface area contributed by atoms with Crippen molar-refractivity contribution >= 4 is 17.5 Å². The number of nitrogens with zero attached hydrogens (tertiary/aromatic N) is 4. The summed E-state index contributed by atoms with van der Waals surface area (Å²) in [4.78, 5) is 29.7. The Bertz CT molecular complexity index is 770. The zero-order chi connectivity index (χ0) is 16.6. The first-order valence-corrected chi connectivity index (χ1v) is 7.40. The van der Waals surface area contributed by atoms with Crippen LogP contribution in [-0.2, 0) is 9.53 Å². The Hall–Kier alpha value is -2.48. The molecule has 0 radical (unpaired) electrons. The molecule has 1 N–H and O–H groups in total. The molecule has 3 rings (SSSR count). The molecule has 122 valence electrons. The minimum Gasteiger partial charge on any atom is -0.481 e. The second kappa shape index (κ2) is 5.96. The van der Waals surface area contributed by atoms with E-state index < -0.39 is 12.0 Å². The fourth-order valence-electron chi connectivity index (χ4n) is 2.82. The van der Waals surface area contributed by atoms with E-state index in [1.165, 1.54) is 6.20 Å². The van der Waals surface area contributed by atoms with Gasteiger partial charge < -0.3 is 14.7 Å². The number of morpholine rings is 1. The summed E-state index contributed by atoms with van der Waals surface area (Å²) in [6.45, 7) is 4.67. The van der Waals surface area contributed by atoms with Crippen molar-refractivity contribution in [2.45, 2.75) is 26.3 Å². The average molecular weight is 318 g/mol. The number of rotatable bonds is 3. The van der Waals surface area contributed by atoms with E-state index in [4.69, 9.17) is 9.84 Å². The number of carbonyl (C=O) groups is 2. The van der Waals surface area contributed by atoms with E-state index in [1.807, 2.05) is 13.0 Å². The molecule has 3 heterocycles. The van der Waals surface area contributed by atoms with Crippen molar-refractivity contribution in [3.8, 4) is 0 Å². The van der Waals surface area contributed by atoms with Gasteiger partial charge in [0.25, 0.3) is 5.91 Å². The Morgan fingerprint density at radius 1 is 1.43 bits per heavy atom. The molecule has 8 nitrogen and oxygen atoms in total. The van der Waals surface area contributed by atoms with Gasteiger partial charge in [-0.15, -0.1) is 0 Å². The van der Waals surface area contributed by atoms with Crippen LogP contribution in [0.5, 0.6) is 0 Å². The predicted molar refractivity (Wildman–Crippen MR) is 80.4 cm³/mol. The molecule has 2 aromatic heterocycles. The molecular weight excluding hydrogens is 300 g/mol. The lowest BCUT2D eigenvalue weighted by Gasteiger charge is -2.35. The van der Waals surface area contributed by atoms with Crippen LogP contribution in [0.1, 0.15) is 28.2 Å². The standard InChI is InChI=1S/C15H18N4O4/c1-9-5-13-16-7-12(10(2)19(13)17-9)15(22)18-3-4-23-8-11(18)6-14(20)21/h5,7,11H,3-4,6,8H2,1-2H3,(H,20,21). The van der Waals surface area contributed by atoms with Gasteiger partial charge in [-0.05, 0) is 13.8 Å². The highest BCUT2D eigenvalue weighted by molar-refractivity contribution is 5.95. The van der Waals surface area contributed by atoms with Gasteiger partial charge in [0, 0.05) is 18.8 Å². The first kappa shape index (κ1) is 15.4. The molecule has 1 saturated heterocycles. The van der Waals surface area contributed by atoms with Gasteiger partial charge in [0.05, 0.1) is 42.6 Å². The number of fused-ring (bicyclic) bond motifs is 1. The van der Waals surface area contributed by atoms with Crippen LogP contribution in [0.4, 0.5) is 0 Å². The minimum absolute atomic E-state index is 0.138. The number of carboxylic acids is 1. The highest BCUT2D eigenvalue weighted by atomic mass is 16.5. The van der Waals surface area contributed by atoms with Gasteiger partial charge in [-0.2, -0.15) is 5.10 Å². The van der Waals surface area contributed by atoms with Crippen LogP contribution >= 0.6 is 0 Å². The molecule has 1 aliphatic heterocycles. The summed E-state index contributed by atoms with van der Waals surface area (Å²) in [7, 11) is 0. The van der Waals surface area contributed by atoms with E-state index in [1.54, 1.807) is 16.3 Å². The molecule has 2 aromatic rings. The number of hydrogen-bond acceptors (Lipinski definition) is 5. The highest BCUT2D eigenvalue weighted by Gasteiger charge is 2.31. The van der Waals surface area contributed by atoms with E-state index in [-0.39, 0.29) is 18.9 Å². The minimum atomic E-state index is -0.952. The maximum absolute atomic E-state index is 12.9. The molecule has 1 fully saturated rings. The molecule has 1 unspecified atom stereocenters. The van der Waals surface area contributed by atoms with Crippen molar-refractivity contribution < 1.29 is 19.4 Å². The van der Waals surface area contributed by atoms with E-state index in [9.17, 15) is 9.59 Å². The van der Waals surface area contributed by atoms with Crippen molar-refractivity contribution in [3.63, 3.8) is 0 Å². The van der Waals surface area contributed by atoms with Crippen molar-refractivity contribution in [2.75, 3.05) is 19.8 Å². The summed E-state index contributed by atoms with van der Waals surface area (Å²) in [5.74, 6) is -1.19. The van der Waals surface area contributed by atoms with Crippen molar-refractivity contribution in [2.24, 2.45) is 0 Å². The van der Waals surface area contributed by atoms with Crippen LogP contribution in [0, 0.1) is 13.8 Å². The number of aromatic nitrogens is 3. The largest absolute Gasteiger partial charge is 0.481 e. The first-order valence-electron chi connectivity index (χ1n) is 7.40. The molecule has 0 aromatic carbocycles. The predicted octanol–water partition coefficient (Wildman–Crippen LogP) is 0.662. The molecule has 23 heavy (non-hydrogen) atoms. The number of amides is 1. The van der Waals surface area contributed by atoms with E-state index in [2.05, 4.69) is 10.1 Å². The van der Waals surface area contributed by atoms with E-state index in [0.717, 1.165) is 5.69 Å². The maximum Gasteiger partial charge on any atom is 0.305 e. The Morgan fingerprint density at radius 2 is 2.22 bits per heavy atom. The lowest BCUT2D eigenvalue weighted by Crippen LogP contribution is -2.49. The number of hydrogen-bond donors (Lipinski definition) is 1. The second-order valence-corrected chi connectivity index (χ2v) is 5.64. The SMILES string of the molecule is Cc1cc2ncc(C(=O)N3CCOCC3CC(=O)O)c(C)n2n1. The monoisotopic (exact) mass is 318 g/mol. The summed E-state index contributed by atoms with van der Waals surface area (Å²) in [5, 5.41) is 13.3. The van der Waals surface area contributed by atoms with E-state index >= 15 is 0 Å². The Morgan fingerprint density at radius 3 is 2.96 bits per heavy atom. The number of aliphatic carboxylic acids is 1. The van der Waals surface area contributed by atoms with Gasteiger partial charge in [0.2, 0.25) is 0 Å². The molecular formula is C15H18N4O4. The number of carbonyl (C=O) groups excluding carboxylic acids is 1. The van der Waals surface area contributed by atoms with Gasteiger partial charge in [-0.3, -0.25) is 9.59 Å². The van der Waals surface area contributed by atoms with Crippen LogP contribution in [0.3, 0.4) is 0 Å². The molecule has 0 spiro atoms. The number of carboxylic acid groups (broad SMARTS) is 1. The summed E-state index contributed by atoms with van der Waals surface area (Å²) in [6.07, 6.45) is 1.39. The van der Waals surface area contributed by atoms with Crippen LogP contribution in [-0.4, -0.2) is 62.3 Å². The topological polar surface area (TPSA) is 97.0 Å². The number of aryl methyl sites for hydroxylation is 2. The third kappa shape index (κ3) is 2.89. The maximum atomic E-state index is 12.9. The zero-order valence-corrected chi connectivity index (χ0v) is 13.0. The van der Waals surface area contributed by atoms with Crippen LogP contribution in [0.15, 0.2) is 12.3 Å². The highest BCUT2D eigenvalue weighted by Crippen LogP contribution is 2.18. The Labute approximate surface area is 132 Å². The van der Waals surface area contributed by atoms with Gasteiger partial charge in [0.15, 0.2) is 5.65 Å². The van der Waals surface area contributed by atoms with Gasteiger partial charge >= 0.3 is 5.97 Å². The smallest absolute Gasteiger partial charge is 0.305 e. The second-order valence-electron chi connectivity index (χ2n) is 5.64. The zero-order valence-electron chi connectivity index (χ0n) is 13.0. The molecule has 0 saturated carbocycles. The summed E-state index contributed by atoms with van der Waals surface area (Å²) >= 11 is 0. The van der Waals surface area contributed by atoms with Crippen molar-refractivity contribution in [1.29, 1.82) is 0 Å². The van der Waals surface area contributed by atoms with Gasteiger partial charge in [-0.25, -0.2) is 9.50 Å². The number of ether oxygens (including phenoxy) is 1. The first-order chi connectivity index (χ1) is 11.0. The third-order valence-corrected chi connectivity index (χ3v) is 3.98. The normalized spacial score (nSPS) is 18.3. The molecule has 1 atom stereocenters. The van der Waals surface area contributed by atoms with Crippen molar-refractivity contribution in [3.05, 3.63) is 29.2 Å². The molecule has 0 aliphatic carbocycles. The summed E-state index contributed by atoms with van der Waals surface area (Å²) in [6, 6.07) is 1.37. The summed E-state index contributed by atoms with van der Waals surface area (Å²) in [5.41, 5.74) is 2.62. The molecule has 0 bridgehead atoms. The molecule has 8 heteroatoms. The lowest BCUT2D eigenvalue weighted by molar-refractivity contribution is -0.139. The van der Waals surface area contributed by atoms with E-state index in [0.29, 0.717) is 30.1 Å². The fraction of sp³-hybridized carbons (Fsp3) is 0.467. The van der Waals surface area contributed by atoms with Crippen LogP contribution < -0.4 is 0 Å². The molecule has 1 amide bonds. The van der Waals surface area contributed by atoms with Crippen LogP contribution in [0.25, 0.3) is 5.65 Å². The molecule has 1 aliphatic rings. The van der Waals surface area contributed by atoms with Crippen molar-refractivity contribution in [1.82, 2.24) is 19.5 Å². The quantitative estimate of drug-likeness (QED) is 0.893.